The molecule has 0 bridgehead atoms. The first-order valence-electron chi connectivity index (χ1n) is 6.59. The maximum Gasteiger partial charge on any atom is 0.310 e. The molecule has 20 heavy (non-hydrogen) atoms. The van der Waals surface area contributed by atoms with E-state index in [1.165, 1.54) is 0 Å². The van der Waals surface area contributed by atoms with Gasteiger partial charge in [0.05, 0.1) is 5.92 Å². The number of carbonyl (C=O) groups is 1. The van der Waals surface area contributed by atoms with Crippen LogP contribution < -0.4 is 0 Å². The Balaban J connectivity index is 2.33. The molecule has 4 heteroatoms. The normalized spacial score (nSPS) is 12.2. The average Bonchev–Trinajstić information content (AvgIpc) is 2.38. The van der Waals surface area contributed by atoms with Gasteiger partial charge in [-0.15, -0.1) is 0 Å². The standard InChI is InChI=1S/C16H18N2O2/c1-10(16(19)20)15-11(2)17-14(18-12(15)3)9-13-7-5-4-6-8-13/h4-8,10H,9H2,1-3H3,(H,19,20). The Labute approximate surface area is 118 Å². The molecule has 1 aromatic carbocycles. The summed E-state index contributed by atoms with van der Waals surface area (Å²) in [4.78, 5) is 20.0. The summed E-state index contributed by atoms with van der Waals surface area (Å²) in [6, 6.07) is 9.99. The highest BCUT2D eigenvalue weighted by Crippen LogP contribution is 2.22. The largest absolute Gasteiger partial charge is 0.481 e. The second-order valence-electron chi connectivity index (χ2n) is 4.95. The number of aromatic nitrogens is 2. The van der Waals surface area contributed by atoms with Crippen molar-refractivity contribution in [3.8, 4) is 0 Å². The number of hydrogen-bond donors (Lipinski definition) is 1. The van der Waals surface area contributed by atoms with E-state index in [0.29, 0.717) is 12.0 Å². The summed E-state index contributed by atoms with van der Waals surface area (Å²) in [6.45, 7) is 5.35. The van der Waals surface area contributed by atoms with Crippen molar-refractivity contribution in [1.29, 1.82) is 0 Å². The highest BCUT2D eigenvalue weighted by molar-refractivity contribution is 5.76. The number of hydrogen-bond acceptors (Lipinski definition) is 3. The second-order valence-corrected chi connectivity index (χ2v) is 4.95. The summed E-state index contributed by atoms with van der Waals surface area (Å²) < 4.78 is 0. The van der Waals surface area contributed by atoms with Crippen LogP contribution in [0, 0.1) is 13.8 Å². The van der Waals surface area contributed by atoms with Crippen LogP contribution in [-0.4, -0.2) is 21.0 Å². The number of benzene rings is 1. The summed E-state index contributed by atoms with van der Waals surface area (Å²) in [5.41, 5.74) is 3.36. The van der Waals surface area contributed by atoms with E-state index in [9.17, 15) is 4.79 Å². The van der Waals surface area contributed by atoms with Gasteiger partial charge >= 0.3 is 5.97 Å². The molecule has 4 nitrogen and oxygen atoms in total. The SMILES string of the molecule is Cc1nc(Cc2ccccc2)nc(C)c1C(C)C(=O)O. The van der Waals surface area contributed by atoms with Gasteiger partial charge in [-0.2, -0.15) is 0 Å². The number of aliphatic carboxylic acids is 1. The average molecular weight is 270 g/mol. The molecule has 0 radical (unpaired) electrons. The van der Waals surface area contributed by atoms with Crippen LogP contribution in [0.15, 0.2) is 30.3 Å². The molecule has 1 aromatic heterocycles. The van der Waals surface area contributed by atoms with Crippen LogP contribution in [0.2, 0.25) is 0 Å². The van der Waals surface area contributed by atoms with Gasteiger partial charge in [-0.1, -0.05) is 30.3 Å². The minimum absolute atomic E-state index is 0.583. The van der Waals surface area contributed by atoms with Crippen LogP contribution in [-0.2, 0) is 11.2 Å². The van der Waals surface area contributed by atoms with Crippen LogP contribution in [0.25, 0.3) is 0 Å². The molecule has 1 atom stereocenters. The number of aryl methyl sites for hydroxylation is 2. The van der Waals surface area contributed by atoms with Crippen LogP contribution in [0.3, 0.4) is 0 Å². The van der Waals surface area contributed by atoms with Crippen LogP contribution in [0.5, 0.6) is 0 Å². The predicted octanol–water partition coefficient (Wildman–Crippen LogP) is 2.87. The quantitative estimate of drug-likeness (QED) is 0.927. The molecule has 104 valence electrons. The molecule has 0 aliphatic heterocycles. The fourth-order valence-electron chi connectivity index (χ4n) is 2.40. The highest BCUT2D eigenvalue weighted by Gasteiger charge is 2.20. The van der Waals surface area contributed by atoms with Crippen molar-refractivity contribution in [3.63, 3.8) is 0 Å². The Morgan fingerprint density at radius 2 is 1.70 bits per heavy atom. The van der Waals surface area contributed by atoms with Crippen LogP contribution in [0.4, 0.5) is 0 Å². The molecule has 2 rings (SSSR count). The monoisotopic (exact) mass is 270 g/mol. The Kier molecular flexibility index (Phi) is 4.13. The molecule has 1 N–H and O–H groups in total. The molecule has 0 amide bonds. The van der Waals surface area contributed by atoms with E-state index in [1.54, 1.807) is 6.92 Å². The van der Waals surface area contributed by atoms with E-state index in [4.69, 9.17) is 5.11 Å². The smallest absolute Gasteiger partial charge is 0.310 e. The summed E-state index contributed by atoms with van der Waals surface area (Å²) in [6.07, 6.45) is 0.657. The fourth-order valence-corrected chi connectivity index (χ4v) is 2.40. The van der Waals surface area contributed by atoms with Gasteiger partial charge in [-0.25, -0.2) is 9.97 Å². The van der Waals surface area contributed by atoms with Crippen LogP contribution in [0.1, 0.15) is 41.2 Å². The lowest BCUT2D eigenvalue weighted by Crippen LogP contribution is -2.14. The third-order valence-electron chi connectivity index (χ3n) is 3.38. The molecule has 2 aromatic rings. The Morgan fingerprint density at radius 1 is 1.15 bits per heavy atom. The lowest BCUT2D eigenvalue weighted by Gasteiger charge is -2.14. The maximum atomic E-state index is 11.1. The molecular weight excluding hydrogens is 252 g/mol. The zero-order valence-corrected chi connectivity index (χ0v) is 11.9. The van der Waals surface area contributed by atoms with Gasteiger partial charge in [0.1, 0.15) is 5.82 Å². The molecule has 0 saturated heterocycles. The first kappa shape index (κ1) is 14.2. The van der Waals surface area contributed by atoms with E-state index < -0.39 is 11.9 Å². The van der Waals surface area contributed by atoms with Crippen molar-refractivity contribution in [2.24, 2.45) is 0 Å². The van der Waals surface area contributed by atoms with E-state index in [1.807, 2.05) is 44.2 Å². The van der Waals surface area contributed by atoms with Gasteiger partial charge < -0.3 is 5.11 Å². The molecule has 1 heterocycles. The first-order chi connectivity index (χ1) is 9.49. The molecular formula is C16H18N2O2. The highest BCUT2D eigenvalue weighted by atomic mass is 16.4. The predicted molar refractivity (Wildman–Crippen MR) is 76.8 cm³/mol. The van der Waals surface area contributed by atoms with Crippen molar-refractivity contribution >= 4 is 5.97 Å². The lowest BCUT2D eigenvalue weighted by atomic mass is 9.98. The van der Waals surface area contributed by atoms with Gasteiger partial charge in [-0.05, 0) is 26.3 Å². The van der Waals surface area contributed by atoms with Crippen molar-refractivity contribution in [2.45, 2.75) is 33.1 Å². The summed E-state index contributed by atoms with van der Waals surface area (Å²) in [7, 11) is 0. The van der Waals surface area contributed by atoms with Crippen molar-refractivity contribution < 1.29 is 9.90 Å². The molecule has 0 saturated carbocycles. The molecule has 0 fully saturated rings. The second kappa shape index (κ2) is 5.82. The minimum Gasteiger partial charge on any atom is -0.481 e. The zero-order chi connectivity index (χ0) is 14.7. The zero-order valence-electron chi connectivity index (χ0n) is 11.9. The number of carboxylic acids is 1. The fraction of sp³-hybridized carbons (Fsp3) is 0.312. The van der Waals surface area contributed by atoms with E-state index >= 15 is 0 Å². The first-order valence-corrected chi connectivity index (χ1v) is 6.59. The van der Waals surface area contributed by atoms with E-state index in [2.05, 4.69) is 9.97 Å². The molecule has 0 spiro atoms. The summed E-state index contributed by atoms with van der Waals surface area (Å²) >= 11 is 0. The van der Waals surface area contributed by atoms with Crippen LogP contribution >= 0.6 is 0 Å². The number of nitrogens with zero attached hydrogens (tertiary/aromatic N) is 2. The summed E-state index contributed by atoms with van der Waals surface area (Å²) in [5.74, 6) is -0.705. The van der Waals surface area contributed by atoms with Gasteiger partial charge in [-0.3, -0.25) is 4.79 Å². The topological polar surface area (TPSA) is 63.1 Å². The Morgan fingerprint density at radius 3 is 2.20 bits per heavy atom. The number of rotatable bonds is 4. The molecule has 0 aliphatic carbocycles. The van der Waals surface area contributed by atoms with Gasteiger partial charge in [0, 0.05) is 23.4 Å². The van der Waals surface area contributed by atoms with E-state index in [0.717, 1.165) is 22.8 Å². The van der Waals surface area contributed by atoms with Crippen molar-refractivity contribution in [2.75, 3.05) is 0 Å². The van der Waals surface area contributed by atoms with Crippen molar-refractivity contribution in [1.82, 2.24) is 9.97 Å². The van der Waals surface area contributed by atoms with Gasteiger partial charge in [0.25, 0.3) is 0 Å². The maximum absolute atomic E-state index is 11.1. The third kappa shape index (κ3) is 3.02. The van der Waals surface area contributed by atoms with Gasteiger partial charge in [0.2, 0.25) is 0 Å². The molecule has 1 unspecified atom stereocenters. The van der Waals surface area contributed by atoms with E-state index in [-0.39, 0.29) is 0 Å². The lowest BCUT2D eigenvalue weighted by molar-refractivity contribution is -0.138. The summed E-state index contributed by atoms with van der Waals surface area (Å²) in [5, 5.41) is 9.13. The Bertz CT molecular complexity index is 601. The number of carboxylic acid groups (broad SMARTS) is 1. The Hall–Kier alpha value is -2.23. The third-order valence-corrected chi connectivity index (χ3v) is 3.38. The minimum atomic E-state index is -0.851. The van der Waals surface area contributed by atoms with Crippen molar-refractivity contribution in [3.05, 3.63) is 58.7 Å². The van der Waals surface area contributed by atoms with Gasteiger partial charge in [0.15, 0.2) is 0 Å². The molecule has 0 aliphatic rings.